The van der Waals surface area contributed by atoms with E-state index in [2.05, 4.69) is 0 Å². The Labute approximate surface area is 142 Å². The number of hydrogen-bond acceptors (Lipinski definition) is 3. The first-order valence-electron chi connectivity index (χ1n) is 7.78. The number of aromatic nitrogens is 1. The normalized spacial score (nSPS) is 13.9. The van der Waals surface area contributed by atoms with Crippen molar-refractivity contribution in [2.75, 3.05) is 6.54 Å². The molecule has 3 heterocycles. The average molecular weight is 340 g/mol. The van der Waals surface area contributed by atoms with Gasteiger partial charge in [-0.2, -0.15) is 0 Å². The number of aliphatic carboxylic acids is 1. The molecular weight excluding hydrogens is 324 g/mol. The van der Waals surface area contributed by atoms with Crippen molar-refractivity contribution >= 4 is 34.1 Å². The largest absolute Gasteiger partial charge is 0.480 e. The zero-order valence-electron chi connectivity index (χ0n) is 12.9. The van der Waals surface area contributed by atoms with E-state index in [9.17, 15) is 14.7 Å². The van der Waals surface area contributed by atoms with Crippen LogP contribution >= 0.6 is 11.3 Å². The number of amides is 1. The number of carbonyl (C=O) groups excluding carboxylic acids is 1. The third kappa shape index (κ3) is 2.39. The summed E-state index contributed by atoms with van der Waals surface area (Å²) < 4.78 is 1.87. The highest BCUT2D eigenvalue weighted by Gasteiger charge is 2.27. The van der Waals surface area contributed by atoms with Gasteiger partial charge < -0.3 is 14.6 Å². The van der Waals surface area contributed by atoms with E-state index in [4.69, 9.17) is 0 Å². The summed E-state index contributed by atoms with van der Waals surface area (Å²) in [6.07, 6.45) is 0.675. The van der Waals surface area contributed by atoms with E-state index in [1.807, 2.05) is 51.2 Å². The second kappa shape index (κ2) is 5.79. The lowest BCUT2D eigenvalue weighted by atomic mass is 10.0. The van der Waals surface area contributed by atoms with Crippen LogP contribution in [-0.4, -0.2) is 33.0 Å². The molecule has 1 amide bonds. The van der Waals surface area contributed by atoms with Gasteiger partial charge in [0, 0.05) is 41.7 Å². The Balaban J connectivity index is 1.76. The number of hydrogen-bond donors (Lipinski definition) is 1. The Bertz CT molecular complexity index is 927. The maximum atomic E-state index is 12.6. The van der Waals surface area contributed by atoms with Gasteiger partial charge in [-0.05, 0) is 17.5 Å². The summed E-state index contributed by atoms with van der Waals surface area (Å²) in [4.78, 5) is 26.5. The Kier molecular flexibility index (Phi) is 3.61. The molecule has 1 aliphatic rings. The van der Waals surface area contributed by atoms with Crippen molar-refractivity contribution in [1.29, 1.82) is 0 Å². The first-order chi connectivity index (χ1) is 11.6. The maximum Gasteiger partial charge on any atom is 0.323 e. The van der Waals surface area contributed by atoms with E-state index in [1.165, 1.54) is 11.3 Å². The summed E-state index contributed by atoms with van der Waals surface area (Å²) in [5, 5.41) is 12.2. The predicted octanol–water partition coefficient (Wildman–Crippen LogP) is 2.99. The molecule has 0 bridgehead atoms. The standard InChI is InChI=1S/C18H16N2O3S/c21-17(22)11-20-14-5-2-1-4-12(14)13-10-19(8-7-15(13)20)18(23)16-6-3-9-24-16/h1-6,9H,7-8,10-11H2,(H,21,22). The van der Waals surface area contributed by atoms with Crippen LogP contribution < -0.4 is 0 Å². The number of carboxylic acids is 1. The molecule has 2 aromatic heterocycles. The number of carboxylic acid groups (broad SMARTS) is 1. The average Bonchev–Trinajstić information content (AvgIpc) is 3.22. The van der Waals surface area contributed by atoms with Crippen molar-refractivity contribution in [3.8, 4) is 0 Å². The molecule has 1 aliphatic heterocycles. The quantitative estimate of drug-likeness (QED) is 0.797. The Morgan fingerprint density at radius 2 is 2.00 bits per heavy atom. The molecule has 0 fully saturated rings. The second-order valence-electron chi connectivity index (χ2n) is 5.88. The number of nitrogens with zero attached hydrogens (tertiary/aromatic N) is 2. The van der Waals surface area contributed by atoms with E-state index in [-0.39, 0.29) is 12.5 Å². The van der Waals surface area contributed by atoms with Crippen molar-refractivity contribution in [3.63, 3.8) is 0 Å². The lowest BCUT2D eigenvalue weighted by Crippen LogP contribution is -2.36. The Morgan fingerprint density at radius 3 is 2.75 bits per heavy atom. The van der Waals surface area contributed by atoms with Crippen molar-refractivity contribution in [3.05, 3.63) is 57.9 Å². The molecule has 0 saturated heterocycles. The minimum atomic E-state index is -0.851. The monoisotopic (exact) mass is 340 g/mol. The molecule has 1 aromatic carbocycles. The predicted molar refractivity (Wildman–Crippen MR) is 92.3 cm³/mol. The fraction of sp³-hybridized carbons (Fsp3) is 0.222. The van der Waals surface area contributed by atoms with Gasteiger partial charge in [-0.3, -0.25) is 9.59 Å². The second-order valence-corrected chi connectivity index (χ2v) is 6.82. The third-order valence-electron chi connectivity index (χ3n) is 4.47. The summed E-state index contributed by atoms with van der Waals surface area (Å²) in [7, 11) is 0. The molecule has 3 aromatic rings. The fourth-order valence-electron chi connectivity index (χ4n) is 3.45. The topological polar surface area (TPSA) is 62.5 Å². The van der Waals surface area contributed by atoms with Gasteiger partial charge in [0.1, 0.15) is 6.54 Å². The first kappa shape index (κ1) is 15.0. The van der Waals surface area contributed by atoms with Gasteiger partial charge in [-0.1, -0.05) is 24.3 Å². The van der Waals surface area contributed by atoms with Gasteiger partial charge in [0.15, 0.2) is 0 Å². The molecule has 0 radical (unpaired) electrons. The lowest BCUT2D eigenvalue weighted by molar-refractivity contribution is -0.137. The van der Waals surface area contributed by atoms with E-state index in [1.54, 1.807) is 0 Å². The first-order valence-corrected chi connectivity index (χ1v) is 8.66. The van der Waals surface area contributed by atoms with Gasteiger partial charge >= 0.3 is 5.97 Å². The van der Waals surface area contributed by atoms with E-state index < -0.39 is 5.97 Å². The number of fused-ring (bicyclic) bond motifs is 3. The molecular formula is C18H16N2O3S. The van der Waals surface area contributed by atoms with Crippen molar-refractivity contribution < 1.29 is 14.7 Å². The van der Waals surface area contributed by atoms with Crippen molar-refractivity contribution in [2.24, 2.45) is 0 Å². The molecule has 0 saturated carbocycles. The van der Waals surface area contributed by atoms with Crippen molar-refractivity contribution in [2.45, 2.75) is 19.5 Å². The molecule has 4 rings (SSSR count). The van der Waals surface area contributed by atoms with Gasteiger partial charge in [-0.15, -0.1) is 11.3 Å². The molecule has 0 aliphatic carbocycles. The SMILES string of the molecule is O=C(O)Cn1c2c(c3ccccc31)CN(C(=O)c1cccs1)CC2. The van der Waals surface area contributed by atoms with Crippen LogP contribution in [0.4, 0.5) is 0 Å². The van der Waals surface area contributed by atoms with Gasteiger partial charge in [0.2, 0.25) is 0 Å². The highest BCUT2D eigenvalue weighted by molar-refractivity contribution is 7.12. The van der Waals surface area contributed by atoms with Gasteiger partial charge in [-0.25, -0.2) is 0 Å². The van der Waals surface area contributed by atoms with E-state index in [0.29, 0.717) is 19.5 Å². The van der Waals surface area contributed by atoms with E-state index in [0.717, 1.165) is 27.0 Å². The summed E-state index contributed by atoms with van der Waals surface area (Å²) >= 11 is 1.45. The van der Waals surface area contributed by atoms with E-state index >= 15 is 0 Å². The van der Waals surface area contributed by atoms with Crippen LogP contribution in [0.15, 0.2) is 41.8 Å². The van der Waals surface area contributed by atoms with Crippen molar-refractivity contribution in [1.82, 2.24) is 9.47 Å². The number of rotatable bonds is 3. The molecule has 122 valence electrons. The zero-order chi connectivity index (χ0) is 16.7. The summed E-state index contributed by atoms with van der Waals surface area (Å²) in [6, 6.07) is 11.5. The number of benzene rings is 1. The molecule has 5 nitrogen and oxygen atoms in total. The molecule has 0 unspecified atom stereocenters. The summed E-state index contributed by atoms with van der Waals surface area (Å²) in [6.45, 7) is 1.09. The Morgan fingerprint density at radius 1 is 1.17 bits per heavy atom. The molecule has 1 N–H and O–H groups in total. The number of carbonyl (C=O) groups is 2. The number of para-hydroxylation sites is 1. The smallest absolute Gasteiger partial charge is 0.323 e. The lowest BCUT2D eigenvalue weighted by Gasteiger charge is -2.27. The van der Waals surface area contributed by atoms with Crippen LogP contribution in [0.3, 0.4) is 0 Å². The third-order valence-corrected chi connectivity index (χ3v) is 5.33. The maximum absolute atomic E-state index is 12.6. The molecule has 24 heavy (non-hydrogen) atoms. The highest BCUT2D eigenvalue weighted by Crippen LogP contribution is 2.31. The summed E-state index contributed by atoms with van der Waals surface area (Å²) in [5.41, 5.74) is 3.03. The molecule has 0 atom stereocenters. The van der Waals surface area contributed by atoms with Crippen LogP contribution in [0.5, 0.6) is 0 Å². The summed E-state index contributed by atoms with van der Waals surface area (Å²) in [5.74, 6) is -0.804. The zero-order valence-corrected chi connectivity index (χ0v) is 13.8. The van der Waals surface area contributed by atoms with Crippen LogP contribution in [0, 0.1) is 0 Å². The fourth-order valence-corrected chi connectivity index (χ4v) is 4.14. The molecule has 0 spiro atoms. The van der Waals surface area contributed by atoms with Crippen LogP contribution in [0.1, 0.15) is 20.9 Å². The Hall–Kier alpha value is -2.60. The van der Waals surface area contributed by atoms with Crippen LogP contribution in [0.25, 0.3) is 10.9 Å². The van der Waals surface area contributed by atoms with Crippen LogP contribution in [0.2, 0.25) is 0 Å². The molecule has 6 heteroatoms. The highest BCUT2D eigenvalue weighted by atomic mass is 32.1. The minimum Gasteiger partial charge on any atom is -0.480 e. The van der Waals surface area contributed by atoms with Gasteiger partial charge in [0.25, 0.3) is 5.91 Å². The van der Waals surface area contributed by atoms with Gasteiger partial charge in [0.05, 0.1) is 4.88 Å². The minimum absolute atomic E-state index is 0.0469. The van der Waals surface area contributed by atoms with Crippen LogP contribution in [-0.2, 0) is 24.3 Å². The number of thiophene rings is 1.